The first-order chi connectivity index (χ1) is 13.2. The molecule has 0 radical (unpaired) electrons. The van der Waals surface area contributed by atoms with Gasteiger partial charge in [-0.2, -0.15) is 0 Å². The van der Waals surface area contributed by atoms with Crippen LogP contribution in [0, 0.1) is 0 Å². The van der Waals surface area contributed by atoms with Crippen LogP contribution >= 0.6 is 0 Å². The Bertz CT molecular complexity index is 889. The average molecular weight is 361 g/mol. The summed E-state index contributed by atoms with van der Waals surface area (Å²) in [6.45, 7) is 4.76. The molecule has 0 unspecified atom stereocenters. The minimum atomic E-state index is -0.236. The SMILES string of the molecule is CCc1cccc(CC)c1NC(=O)c1cc(NCc2ccncc2)ncn1. The molecule has 1 amide bonds. The maximum absolute atomic E-state index is 12.7. The second kappa shape index (κ2) is 8.89. The Morgan fingerprint density at radius 2 is 1.70 bits per heavy atom. The third kappa shape index (κ3) is 4.67. The molecule has 0 atom stereocenters. The smallest absolute Gasteiger partial charge is 0.274 e. The summed E-state index contributed by atoms with van der Waals surface area (Å²) in [5.41, 5.74) is 4.53. The molecule has 0 saturated heterocycles. The maximum atomic E-state index is 12.7. The Morgan fingerprint density at radius 1 is 1.00 bits per heavy atom. The highest BCUT2D eigenvalue weighted by atomic mass is 16.1. The lowest BCUT2D eigenvalue weighted by molar-refractivity contribution is 0.102. The van der Waals surface area contributed by atoms with E-state index in [0.29, 0.717) is 18.1 Å². The van der Waals surface area contributed by atoms with Crippen LogP contribution in [0.5, 0.6) is 0 Å². The van der Waals surface area contributed by atoms with Crippen LogP contribution in [-0.4, -0.2) is 20.9 Å². The van der Waals surface area contributed by atoms with E-state index in [-0.39, 0.29) is 5.91 Å². The van der Waals surface area contributed by atoms with Crippen LogP contribution in [0.3, 0.4) is 0 Å². The number of pyridine rings is 1. The summed E-state index contributed by atoms with van der Waals surface area (Å²) in [6, 6.07) is 11.6. The zero-order valence-corrected chi connectivity index (χ0v) is 15.6. The number of benzene rings is 1. The first-order valence-electron chi connectivity index (χ1n) is 9.08. The average Bonchev–Trinajstić information content (AvgIpc) is 2.73. The number of para-hydroxylation sites is 1. The Kier molecular flexibility index (Phi) is 6.10. The number of nitrogens with zero attached hydrogens (tertiary/aromatic N) is 3. The molecule has 0 bridgehead atoms. The molecule has 1 aromatic carbocycles. The highest BCUT2D eigenvalue weighted by Gasteiger charge is 2.13. The number of nitrogens with one attached hydrogen (secondary N) is 2. The quantitative estimate of drug-likeness (QED) is 0.668. The molecule has 0 aliphatic rings. The van der Waals surface area contributed by atoms with E-state index in [1.165, 1.54) is 6.33 Å². The van der Waals surface area contributed by atoms with Crippen molar-refractivity contribution in [2.75, 3.05) is 10.6 Å². The van der Waals surface area contributed by atoms with E-state index in [2.05, 4.69) is 39.4 Å². The van der Waals surface area contributed by atoms with E-state index in [1.54, 1.807) is 18.5 Å². The predicted molar refractivity (Wildman–Crippen MR) is 107 cm³/mol. The Hall–Kier alpha value is -3.28. The lowest BCUT2D eigenvalue weighted by Gasteiger charge is -2.14. The van der Waals surface area contributed by atoms with E-state index >= 15 is 0 Å². The number of rotatable bonds is 7. The number of aromatic nitrogens is 3. The van der Waals surface area contributed by atoms with Crippen LogP contribution in [-0.2, 0) is 19.4 Å². The minimum Gasteiger partial charge on any atom is -0.366 e. The molecule has 138 valence electrons. The molecule has 27 heavy (non-hydrogen) atoms. The number of carbonyl (C=O) groups is 1. The highest BCUT2D eigenvalue weighted by molar-refractivity contribution is 6.04. The Balaban J connectivity index is 1.74. The van der Waals surface area contributed by atoms with Crippen molar-refractivity contribution in [3.05, 3.63) is 77.5 Å². The third-order valence-corrected chi connectivity index (χ3v) is 4.36. The minimum absolute atomic E-state index is 0.236. The van der Waals surface area contributed by atoms with Crippen molar-refractivity contribution < 1.29 is 4.79 Å². The topological polar surface area (TPSA) is 79.8 Å². The fourth-order valence-corrected chi connectivity index (χ4v) is 2.85. The van der Waals surface area contributed by atoms with Gasteiger partial charge in [-0.05, 0) is 41.7 Å². The van der Waals surface area contributed by atoms with Crippen molar-refractivity contribution in [2.45, 2.75) is 33.2 Å². The van der Waals surface area contributed by atoms with Crippen molar-refractivity contribution in [1.82, 2.24) is 15.0 Å². The van der Waals surface area contributed by atoms with Crippen LogP contribution in [0.4, 0.5) is 11.5 Å². The zero-order chi connectivity index (χ0) is 19.1. The van der Waals surface area contributed by atoms with Gasteiger partial charge >= 0.3 is 0 Å². The first kappa shape index (κ1) is 18.5. The number of hydrogen-bond donors (Lipinski definition) is 2. The van der Waals surface area contributed by atoms with Crippen molar-refractivity contribution >= 4 is 17.4 Å². The number of hydrogen-bond acceptors (Lipinski definition) is 5. The highest BCUT2D eigenvalue weighted by Crippen LogP contribution is 2.23. The van der Waals surface area contributed by atoms with Gasteiger partial charge in [0.05, 0.1) is 0 Å². The molecule has 6 nitrogen and oxygen atoms in total. The van der Waals surface area contributed by atoms with Crippen LogP contribution in [0.2, 0.25) is 0 Å². The van der Waals surface area contributed by atoms with Gasteiger partial charge in [-0.15, -0.1) is 0 Å². The molecule has 2 heterocycles. The summed E-state index contributed by atoms with van der Waals surface area (Å²) in [6.07, 6.45) is 6.59. The van der Waals surface area contributed by atoms with Gasteiger partial charge in [0.2, 0.25) is 0 Å². The molecule has 0 aliphatic heterocycles. The molecule has 6 heteroatoms. The number of anilines is 2. The maximum Gasteiger partial charge on any atom is 0.274 e. The van der Waals surface area contributed by atoms with Gasteiger partial charge in [0.15, 0.2) is 0 Å². The fourth-order valence-electron chi connectivity index (χ4n) is 2.85. The van der Waals surface area contributed by atoms with E-state index in [4.69, 9.17) is 0 Å². The van der Waals surface area contributed by atoms with Gasteiger partial charge in [0.1, 0.15) is 17.8 Å². The number of aryl methyl sites for hydroxylation is 2. The fraction of sp³-hybridized carbons (Fsp3) is 0.238. The predicted octanol–water partition coefficient (Wildman–Crippen LogP) is 3.86. The van der Waals surface area contributed by atoms with Crippen molar-refractivity contribution in [1.29, 1.82) is 0 Å². The molecule has 2 aromatic heterocycles. The normalized spacial score (nSPS) is 10.4. The summed E-state index contributed by atoms with van der Waals surface area (Å²) in [4.78, 5) is 25.1. The molecule has 0 fully saturated rings. The lowest BCUT2D eigenvalue weighted by atomic mass is 10.0. The van der Waals surface area contributed by atoms with Crippen molar-refractivity contribution in [2.24, 2.45) is 0 Å². The molecule has 0 aliphatic carbocycles. The standard InChI is InChI=1S/C21H23N5O/c1-3-16-6-5-7-17(4-2)20(16)26-21(27)18-12-19(25-14-24-18)23-13-15-8-10-22-11-9-15/h5-12,14H,3-4,13H2,1-2H3,(H,26,27)(H,23,24,25). The van der Waals surface area contributed by atoms with Gasteiger partial charge in [-0.3, -0.25) is 9.78 Å². The van der Waals surface area contributed by atoms with Crippen molar-refractivity contribution in [3.8, 4) is 0 Å². The van der Waals surface area contributed by atoms with Gasteiger partial charge in [0, 0.05) is 30.7 Å². The molecule has 3 rings (SSSR count). The summed E-state index contributed by atoms with van der Waals surface area (Å²) in [5, 5.41) is 6.24. The third-order valence-electron chi connectivity index (χ3n) is 4.36. The van der Waals surface area contributed by atoms with Gasteiger partial charge in [0.25, 0.3) is 5.91 Å². The van der Waals surface area contributed by atoms with E-state index in [9.17, 15) is 4.79 Å². The van der Waals surface area contributed by atoms with Gasteiger partial charge in [-0.25, -0.2) is 9.97 Å². The van der Waals surface area contributed by atoms with E-state index in [0.717, 1.165) is 35.2 Å². The number of amides is 1. The van der Waals surface area contributed by atoms with Crippen LogP contribution < -0.4 is 10.6 Å². The van der Waals surface area contributed by atoms with E-state index < -0.39 is 0 Å². The largest absolute Gasteiger partial charge is 0.366 e. The zero-order valence-electron chi connectivity index (χ0n) is 15.6. The summed E-state index contributed by atoms with van der Waals surface area (Å²) in [7, 11) is 0. The van der Waals surface area contributed by atoms with Gasteiger partial charge in [-0.1, -0.05) is 32.0 Å². The Labute approximate surface area is 159 Å². The summed E-state index contributed by atoms with van der Waals surface area (Å²) < 4.78 is 0. The second-order valence-electron chi connectivity index (χ2n) is 6.11. The van der Waals surface area contributed by atoms with Crippen LogP contribution in [0.15, 0.2) is 55.1 Å². The molecule has 0 spiro atoms. The summed E-state index contributed by atoms with van der Waals surface area (Å²) in [5.74, 6) is 0.367. The molecule has 2 N–H and O–H groups in total. The molecule has 3 aromatic rings. The van der Waals surface area contributed by atoms with Crippen LogP contribution in [0.1, 0.15) is 41.0 Å². The first-order valence-corrected chi connectivity index (χ1v) is 9.08. The van der Waals surface area contributed by atoms with Gasteiger partial charge < -0.3 is 10.6 Å². The van der Waals surface area contributed by atoms with Crippen LogP contribution in [0.25, 0.3) is 0 Å². The lowest BCUT2D eigenvalue weighted by Crippen LogP contribution is -2.17. The number of carbonyl (C=O) groups excluding carboxylic acids is 1. The van der Waals surface area contributed by atoms with Crippen molar-refractivity contribution in [3.63, 3.8) is 0 Å². The monoisotopic (exact) mass is 361 g/mol. The molecule has 0 saturated carbocycles. The van der Waals surface area contributed by atoms with E-state index in [1.807, 2.05) is 30.3 Å². The molecular formula is C21H23N5O. The summed E-state index contributed by atoms with van der Waals surface area (Å²) >= 11 is 0. The second-order valence-corrected chi connectivity index (χ2v) is 6.11. The Morgan fingerprint density at radius 3 is 2.37 bits per heavy atom. The molecular weight excluding hydrogens is 338 g/mol.